The van der Waals surface area contributed by atoms with E-state index in [2.05, 4.69) is 15.3 Å². The van der Waals surface area contributed by atoms with Gasteiger partial charge in [0.15, 0.2) is 5.65 Å². The minimum atomic E-state index is -0.673. The quantitative estimate of drug-likeness (QED) is 0.372. The van der Waals surface area contributed by atoms with Crippen molar-refractivity contribution in [3.05, 3.63) is 69.3 Å². The number of amides is 2. The number of aromatic nitrogens is 3. The summed E-state index contributed by atoms with van der Waals surface area (Å²) in [5.41, 5.74) is 1.47. The molecule has 0 bridgehead atoms. The van der Waals surface area contributed by atoms with Gasteiger partial charge in [0.25, 0.3) is 0 Å². The Kier molecular flexibility index (Phi) is 7.49. The highest BCUT2D eigenvalue weighted by Gasteiger charge is 2.23. The van der Waals surface area contributed by atoms with Crippen LogP contribution in [0.4, 0.5) is 20.6 Å². The molecule has 204 valence electrons. The number of hydrogen-bond acceptors (Lipinski definition) is 8. The lowest BCUT2D eigenvalue weighted by molar-refractivity contribution is 0.122. The van der Waals surface area contributed by atoms with E-state index in [0.29, 0.717) is 49.1 Å². The Morgan fingerprint density at radius 2 is 1.97 bits per heavy atom. The molecule has 0 saturated carbocycles. The number of benzene rings is 1. The molecule has 1 aliphatic rings. The van der Waals surface area contributed by atoms with Crippen molar-refractivity contribution in [2.24, 2.45) is 0 Å². The Morgan fingerprint density at radius 3 is 2.67 bits per heavy atom. The number of hydrogen-bond donors (Lipinski definition) is 2. The van der Waals surface area contributed by atoms with Crippen molar-refractivity contribution < 1.29 is 19.0 Å². The van der Waals surface area contributed by atoms with Crippen molar-refractivity contribution in [1.29, 1.82) is 0 Å². The molecular weight excluding hydrogens is 523 g/mol. The first-order valence-corrected chi connectivity index (χ1v) is 13.4. The van der Waals surface area contributed by atoms with E-state index in [9.17, 15) is 19.1 Å². The first-order chi connectivity index (χ1) is 18.7. The number of carbonyl (C=O) groups is 1. The zero-order valence-electron chi connectivity index (χ0n) is 21.8. The normalized spacial score (nSPS) is 13.7. The van der Waals surface area contributed by atoms with Crippen molar-refractivity contribution in [1.82, 2.24) is 19.3 Å². The molecule has 2 N–H and O–H groups in total. The summed E-state index contributed by atoms with van der Waals surface area (Å²) < 4.78 is 20.0. The molecule has 10 nitrogen and oxygen atoms in total. The van der Waals surface area contributed by atoms with Crippen LogP contribution in [0.15, 0.2) is 47.5 Å². The molecule has 4 aromatic rings. The molecule has 2 amide bonds. The molecule has 12 heteroatoms. The summed E-state index contributed by atoms with van der Waals surface area (Å²) in [7, 11) is 1.68. The molecular formula is C27H29FN6O4S. The molecule has 3 aromatic heterocycles. The van der Waals surface area contributed by atoms with Gasteiger partial charge in [-0.25, -0.2) is 19.2 Å². The third kappa shape index (κ3) is 5.57. The van der Waals surface area contributed by atoms with Gasteiger partial charge in [0.2, 0.25) is 5.75 Å². The number of morpholine rings is 1. The van der Waals surface area contributed by atoms with Gasteiger partial charge in [0, 0.05) is 49.9 Å². The lowest BCUT2D eigenvalue weighted by atomic mass is 10.1. The number of anilines is 2. The van der Waals surface area contributed by atoms with Crippen LogP contribution in [0.3, 0.4) is 0 Å². The predicted octanol–water partition coefficient (Wildman–Crippen LogP) is 3.96. The highest BCUT2D eigenvalue weighted by Crippen LogP contribution is 2.32. The first kappa shape index (κ1) is 26.6. The molecule has 4 heterocycles. The molecule has 1 fully saturated rings. The number of ether oxygens (including phenoxy) is 1. The summed E-state index contributed by atoms with van der Waals surface area (Å²) in [5.74, 6) is -0.848. The van der Waals surface area contributed by atoms with Gasteiger partial charge >= 0.3 is 11.6 Å². The molecule has 39 heavy (non-hydrogen) atoms. The van der Waals surface area contributed by atoms with Gasteiger partial charge in [-0.2, -0.15) is 0 Å². The molecule has 0 aliphatic carbocycles. The van der Waals surface area contributed by atoms with Crippen LogP contribution in [-0.4, -0.2) is 69.8 Å². The van der Waals surface area contributed by atoms with E-state index in [-0.39, 0.29) is 29.2 Å². The molecule has 0 radical (unpaired) electrons. The topological polar surface area (TPSA) is 112 Å². The molecule has 0 atom stereocenters. The zero-order chi connectivity index (χ0) is 27.7. The first-order valence-electron chi connectivity index (χ1n) is 12.6. The molecule has 0 unspecified atom stereocenters. The Balaban J connectivity index is 1.58. The van der Waals surface area contributed by atoms with Crippen molar-refractivity contribution in [3.8, 4) is 16.5 Å². The summed E-state index contributed by atoms with van der Waals surface area (Å²) in [6, 6.07) is 7.56. The number of carbonyl (C=O) groups excluding carboxylic acids is 1. The Bertz CT molecular complexity index is 1560. The Morgan fingerprint density at radius 1 is 1.26 bits per heavy atom. The SMILES string of the molecule is CC(C)N(C)C(=O)Nc1cc(N2CCOCC2)cn2c(=O)c(O)c(-c3ncc(Cc4ccc(F)cc4)s3)nc12. The number of nitrogens with one attached hydrogen (secondary N) is 1. The predicted molar refractivity (Wildman–Crippen MR) is 148 cm³/mol. The van der Waals surface area contributed by atoms with Crippen LogP contribution in [0.25, 0.3) is 16.3 Å². The zero-order valence-corrected chi connectivity index (χ0v) is 22.7. The summed E-state index contributed by atoms with van der Waals surface area (Å²) in [4.78, 5) is 39.8. The summed E-state index contributed by atoms with van der Waals surface area (Å²) >= 11 is 1.28. The van der Waals surface area contributed by atoms with E-state index in [1.807, 2.05) is 18.7 Å². The van der Waals surface area contributed by atoms with Crippen molar-refractivity contribution in [2.45, 2.75) is 26.3 Å². The smallest absolute Gasteiger partial charge is 0.321 e. The van der Waals surface area contributed by atoms with Crippen LogP contribution >= 0.6 is 11.3 Å². The fourth-order valence-corrected chi connectivity index (χ4v) is 5.13. The Labute approximate surface area is 228 Å². The number of nitrogens with zero attached hydrogens (tertiary/aromatic N) is 5. The van der Waals surface area contributed by atoms with Crippen LogP contribution in [0.1, 0.15) is 24.3 Å². The standard InChI is InChI=1S/C27H29FN6O4S/c1-16(2)32(3)27(37)30-21-13-19(33-8-10-38-11-9-33)15-34-24(21)31-22(23(35)26(34)36)25-29-14-20(39-25)12-17-4-6-18(28)7-5-17/h4-7,13-16,35H,8-12H2,1-3H3,(H,30,37). The highest BCUT2D eigenvalue weighted by molar-refractivity contribution is 7.15. The average Bonchev–Trinajstić information content (AvgIpc) is 3.40. The maximum absolute atomic E-state index is 13.4. The monoisotopic (exact) mass is 552 g/mol. The number of rotatable bonds is 6. The summed E-state index contributed by atoms with van der Waals surface area (Å²) in [5, 5.41) is 14.2. The largest absolute Gasteiger partial charge is 0.501 e. The molecule has 5 rings (SSSR count). The summed E-state index contributed by atoms with van der Waals surface area (Å²) in [6.45, 7) is 6.11. The lowest BCUT2D eigenvalue weighted by Crippen LogP contribution is -2.38. The second kappa shape index (κ2) is 11.0. The van der Waals surface area contributed by atoms with E-state index in [1.54, 1.807) is 42.5 Å². The maximum atomic E-state index is 13.4. The van der Waals surface area contributed by atoms with Crippen LogP contribution in [-0.2, 0) is 11.2 Å². The third-order valence-corrected chi connectivity index (χ3v) is 7.65. The van der Waals surface area contributed by atoms with Gasteiger partial charge in [0.1, 0.15) is 16.5 Å². The third-order valence-electron chi connectivity index (χ3n) is 6.65. The maximum Gasteiger partial charge on any atom is 0.321 e. The minimum absolute atomic E-state index is 0.0298. The van der Waals surface area contributed by atoms with E-state index >= 15 is 0 Å². The molecule has 1 saturated heterocycles. The van der Waals surface area contributed by atoms with E-state index in [0.717, 1.165) is 10.4 Å². The molecule has 0 spiro atoms. The van der Waals surface area contributed by atoms with Gasteiger partial charge in [-0.05, 0) is 37.6 Å². The second-order valence-electron chi connectivity index (χ2n) is 9.59. The number of pyridine rings is 1. The van der Waals surface area contributed by atoms with E-state index in [4.69, 9.17) is 4.74 Å². The lowest BCUT2D eigenvalue weighted by Gasteiger charge is -2.29. The molecule has 1 aromatic carbocycles. The van der Waals surface area contributed by atoms with Gasteiger partial charge in [-0.1, -0.05) is 12.1 Å². The number of aromatic hydroxyl groups is 1. The average molecular weight is 553 g/mol. The fourth-order valence-electron chi connectivity index (χ4n) is 4.19. The summed E-state index contributed by atoms with van der Waals surface area (Å²) in [6.07, 6.45) is 3.77. The van der Waals surface area contributed by atoms with Gasteiger partial charge in [0.05, 0.1) is 24.6 Å². The van der Waals surface area contributed by atoms with E-state index < -0.39 is 11.3 Å². The minimum Gasteiger partial charge on any atom is -0.501 e. The number of fused-ring (bicyclic) bond motifs is 1. The van der Waals surface area contributed by atoms with Crippen molar-refractivity contribution >= 4 is 34.4 Å². The van der Waals surface area contributed by atoms with Crippen LogP contribution < -0.4 is 15.8 Å². The highest BCUT2D eigenvalue weighted by atomic mass is 32.1. The number of halogens is 1. The Hall–Kier alpha value is -4.03. The van der Waals surface area contributed by atoms with Crippen LogP contribution in [0, 0.1) is 5.82 Å². The second-order valence-corrected chi connectivity index (χ2v) is 10.7. The van der Waals surface area contributed by atoms with Crippen molar-refractivity contribution in [3.63, 3.8) is 0 Å². The van der Waals surface area contributed by atoms with E-state index in [1.165, 1.54) is 27.9 Å². The number of thiazole rings is 1. The molecule has 1 aliphatic heterocycles. The van der Waals surface area contributed by atoms with Crippen LogP contribution in [0.5, 0.6) is 5.75 Å². The van der Waals surface area contributed by atoms with Gasteiger partial charge in [-0.3, -0.25) is 9.20 Å². The van der Waals surface area contributed by atoms with Gasteiger partial charge in [-0.15, -0.1) is 11.3 Å². The van der Waals surface area contributed by atoms with Crippen molar-refractivity contribution in [2.75, 3.05) is 43.6 Å². The fraction of sp³-hybridized carbons (Fsp3) is 0.333. The van der Waals surface area contributed by atoms with Crippen LogP contribution in [0.2, 0.25) is 0 Å². The van der Waals surface area contributed by atoms with Gasteiger partial charge < -0.3 is 25.0 Å². The number of urea groups is 1.